The highest BCUT2D eigenvalue weighted by Crippen LogP contribution is 2.23. The number of carbonyl (C=O) groups is 1. The lowest BCUT2D eigenvalue weighted by molar-refractivity contribution is -0.136. The van der Waals surface area contributed by atoms with Crippen molar-refractivity contribution in [2.45, 2.75) is 39.5 Å². The lowest BCUT2D eigenvalue weighted by atomic mass is 10.0. The van der Waals surface area contributed by atoms with Crippen molar-refractivity contribution in [3.8, 4) is 0 Å². The van der Waals surface area contributed by atoms with Crippen molar-refractivity contribution in [1.29, 1.82) is 0 Å². The van der Waals surface area contributed by atoms with Crippen molar-refractivity contribution in [2.24, 2.45) is 5.16 Å². The minimum absolute atomic E-state index is 0.438. The second kappa shape index (κ2) is 10.3. The van der Waals surface area contributed by atoms with Gasteiger partial charge >= 0.3 is 5.97 Å². The fourth-order valence-corrected chi connectivity index (χ4v) is 3.37. The van der Waals surface area contributed by atoms with Crippen LogP contribution in [-0.4, -0.2) is 24.8 Å². The zero-order valence-electron chi connectivity index (χ0n) is 17.0. The zero-order valence-corrected chi connectivity index (χ0v) is 17.8. The number of rotatable bonds is 9. The molecule has 0 aliphatic carbocycles. The molecular formula is C24H27ClN2O2. The van der Waals surface area contributed by atoms with Crippen molar-refractivity contribution in [3.05, 3.63) is 70.3 Å². The molecule has 0 saturated carbocycles. The second-order valence-electron chi connectivity index (χ2n) is 7.17. The summed E-state index contributed by atoms with van der Waals surface area (Å²) in [6.45, 7) is 6.56. The Kier molecular flexibility index (Phi) is 7.48. The summed E-state index contributed by atoms with van der Waals surface area (Å²) in [5, 5.41) is 4.59. The quantitative estimate of drug-likeness (QED) is 0.371. The van der Waals surface area contributed by atoms with E-state index in [2.05, 4.69) is 36.0 Å². The van der Waals surface area contributed by atoms with E-state index in [-0.39, 0.29) is 0 Å². The smallest absolute Gasteiger partial charge is 0.368 e. The van der Waals surface area contributed by atoms with Gasteiger partial charge in [-0.2, -0.15) is 0 Å². The van der Waals surface area contributed by atoms with Gasteiger partial charge in [0.25, 0.3) is 0 Å². The molecule has 0 aromatic heterocycles. The van der Waals surface area contributed by atoms with E-state index in [1.54, 1.807) is 12.1 Å². The van der Waals surface area contributed by atoms with Crippen LogP contribution >= 0.6 is 11.6 Å². The first kappa shape index (κ1) is 21.1. The Hall–Kier alpha value is -2.59. The van der Waals surface area contributed by atoms with Gasteiger partial charge in [0, 0.05) is 29.4 Å². The highest BCUT2D eigenvalue weighted by atomic mass is 35.5. The van der Waals surface area contributed by atoms with Crippen molar-refractivity contribution in [2.75, 3.05) is 18.0 Å². The second-order valence-corrected chi connectivity index (χ2v) is 7.61. The lowest BCUT2D eigenvalue weighted by Gasteiger charge is -2.24. The zero-order chi connectivity index (χ0) is 20.6. The van der Waals surface area contributed by atoms with Crippen LogP contribution in [0.2, 0.25) is 5.02 Å². The van der Waals surface area contributed by atoms with E-state index < -0.39 is 5.97 Å². The number of halogens is 1. The summed E-state index contributed by atoms with van der Waals surface area (Å²) in [5.74, 6) is -0.438. The summed E-state index contributed by atoms with van der Waals surface area (Å²) < 4.78 is 0. The molecule has 152 valence electrons. The van der Waals surface area contributed by atoms with Gasteiger partial charge in [-0.05, 0) is 48.7 Å². The van der Waals surface area contributed by atoms with Crippen LogP contribution in [0.3, 0.4) is 0 Å². The summed E-state index contributed by atoms with van der Waals surface area (Å²) in [6.07, 6.45) is 6.56. The molecule has 1 aliphatic heterocycles. The normalized spacial score (nSPS) is 14.8. The van der Waals surface area contributed by atoms with Crippen LogP contribution in [0, 0.1) is 0 Å². The van der Waals surface area contributed by atoms with Gasteiger partial charge in [0.15, 0.2) is 0 Å². The molecule has 0 fully saturated rings. The van der Waals surface area contributed by atoms with Gasteiger partial charge in [-0.3, -0.25) is 0 Å². The molecule has 0 N–H and O–H groups in total. The largest absolute Gasteiger partial charge is 0.372 e. The van der Waals surface area contributed by atoms with Gasteiger partial charge in [-0.1, -0.05) is 67.7 Å². The average Bonchev–Trinajstić information content (AvgIpc) is 3.10. The van der Waals surface area contributed by atoms with Crippen LogP contribution in [-0.2, 0) is 9.63 Å². The van der Waals surface area contributed by atoms with Crippen molar-refractivity contribution in [3.63, 3.8) is 0 Å². The summed E-state index contributed by atoms with van der Waals surface area (Å²) in [5.41, 5.74) is 3.94. The molecule has 2 aromatic rings. The molecule has 5 heteroatoms. The number of benzene rings is 2. The molecule has 0 saturated heterocycles. The standard InChI is InChI=1S/C24H27ClN2O2/c1-3-5-15-27(16-6-4-2)21-13-7-18(8-14-21)17-22-23(26-29-24(22)28)19-9-11-20(25)12-10-19/h7-14,17H,3-6,15-16H2,1-2H3. The Morgan fingerprint density at radius 3 is 2.17 bits per heavy atom. The minimum Gasteiger partial charge on any atom is -0.372 e. The van der Waals surface area contributed by atoms with Crippen LogP contribution in [0.5, 0.6) is 0 Å². The van der Waals surface area contributed by atoms with Gasteiger partial charge < -0.3 is 9.74 Å². The minimum atomic E-state index is -0.438. The fourth-order valence-electron chi connectivity index (χ4n) is 3.24. The molecule has 0 spiro atoms. The molecule has 1 heterocycles. The number of hydrogen-bond acceptors (Lipinski definition) is 4. The molecule has 0 radical (unpaired) electrons. The van der Waals surface area contributed by atoms with Crippen LogP contribution in [0.15, 0.2) is 59.3 Å². The number of anilines is 1. The Balaban J connectivity index is 1.80. The SMILES string of the molecule is CCCCN(CCCC)c1ccc(C=C2C(=O)ON=C2c2ccc(Cl)cc2)cc1. The average molecular weight is 411 g/mol. The van der Waals surface area contributed by atoms with Gasteiger partial charge in [0.1, 0.15) is 5.71 Å². The van der Waals surface area contributed by atoms with E-state index in [1.807, 2.05) is 30.3 Å². The molecule has 0 atom stereocenters. The number of nitrogens with zero attached hydrogens (tertiary/aromatic N) is 2. The predicted molar refractivity (Wildman–Crippen MR) is 121 cm³/mol. The molecule has 0 bridgehead atoms. The molecule has 2 aromatic carbocycles. The molecule has 3 rings (SSSR count). The van der Waals surface area contributed by atoms with Crippen molar-refractivity contribution >= 4 is 35.0 Å². The maximum absolute atomic E-state index is 12.2. The van der Waals surface area contributed by atoms with E-state index >= 15 is 0 Å². The number of unbranched alkanes of at least 4 members (excludes halogenated alkanes) is 2. The van der Waals surface area contributed by atoms with Gasteiger partial charge in [0.05, 0.1) is 5.57 Å². The van der Waals surface area contributed by atoms with Gasteiger partial charge in [-0.15, -0.1) is 0 Å². The third-order valence-corrected chi connectivity index (χ3v) is 5.20. The summed E-state index contributed by atoms with van der Waals surface area (Å²) in [4.78, 5) is 19.6. The van der Waals surface area contributed by atoms with E-state index in [0.717, 1.165) is 24.2 Å². The molecule has 4 nitrogen and oxygen atoms in total. The Labute approximate surface area is 177 Å². The Bertz CT molecular complexity index is 878. The Morgan fingerprint density at radius 1 is 0.966 bits per heavy atom. The first-order chi connectivity index (χ1) is 14.1. The van der Waals surface area contributed by atoms with Crippen molar-refractivity contribution in [1.82, 2.24) is 0 Å². The predicted octanol–water partition coefficient (Wildman–Crippen LogP) is 6.09. The number of carbonyl (C=O) groups excluding carboxylic acids is 1. The summed E-state index contributed by atoms with van der Waals surface area (Å²) in [7, 11) is 0. The Morgan fingerprint density at radius 2 is 1.59 bits per heavy atom. The van der Waals surface area contributed by atoms with E-state index in [1.165, 1.54) is 31.4 Å². The summed E-state index contributed by atoms with van der Waals surface area (Å²) in [6, 6.07) is 15.5. The van der Waals surface area contributed by atoms with Crippen LogP contribution in [0.1, 0.15) is 50.7 Å². The van der Waals surface area contributed by atoms with Crippen LogP contribution in [0.25, 0.3) is 6.08 Å². The van der Waals surface area contributed by atoms with E-state index in [4.69, 9.17) is 16.4 Å². The molecular weight excluding hydrogens is 384 g/mol. The highest BCUT2D eigenvalue weighted by Gasteiger charge is 2.26. The van der Waals surface area contributed by atoms with E-state index in [9.17, 15) is 4.79 Å². The van der Waals surface area contributed by atoms with Crippen LogP contribution < -0.4 is 4.90 Å². The number of hydrogen-bond donors (Lipinski definition) is 0. The van der Waals surface area contributed by atoms with Gasteiger partial charge in [-0.25, -0.2) is 4.79 Å². The topological polar surface area (TPSA) is 41.9 Å². The number of oxime groups is 1. The third kappa shape index (κ3) is 5.48. The first-order valence-electron chi connectivity index (χ1n) is 10.2. The first-order valence-corrected chi connectivity index (χ1v) is 10.6. The van der Waals surface area contributed by atoms with Crippen LogP contribution in [0.4, 0.5) is 5.69 Å². The molecule has 29 heavy (non-hydrogen) atoms. The summed E-state index contributed by atoms with van der Waals surface area (Å²) >= 11 is 5.96. The third-order valence-electron chi connectivity index (χ3n) is 4.94. The maximum Gasteiger partial charge on any atom is 0.368 e. The maximum atomic E-state index is 12.2. The molecule has 1 aliphatic rings. The molecule has 0 unspecified atom stereocenters. The van der Waals surface area contributed by atoms with Gasteiger partial charge in [0.2, 0.25) is 0 Å². The van der Waals surface area contributed by atoms with E-state index in [0.29, 0.717) is 16.3 Å². The fraction of sp³-hybridized carbons (Fsp3) is 0.333. The molecule has 0 amide bonds. The monoisotopic (exact) mass is 410 g/mol. The highest BCUT2D eigenvalue weighted by molar-refractivity contribution is 6.32. The van der Waals surface area contributed by atoms with Crippen molar-refractivity contribution < 1.29 is 9.63 Å². The lowest BCUT2D eigenvalue weighted by Crippen LogP contribution is -2.25.